The highest BCUT2D eigenvalue weighted by Gasteiger charge is 2.66. The second-order valence-electron chi connectivity index (χ2n) is 13.2. The van der Waals surface area contributed by atoms with E-state index in [2.05, 4.69) is 34.6 Å². The van der Waals surface area contributed by atoms with Crippen molar-refractivity contribution in [3.63, 3.8) is 0 Å². The second-order valence-corrected chi connectivity index (χ2v) is 13.2. The number of hydrogen-bond acceptors (Lipinski definition) is 1. The van der Waals surface area contributed by atoms with Gasteiger partial charge in [0.15, 0.2) is 0 Å². The summed E-state index contributed by atoms with van der Waals surface area (Å²) in [5, 5.41) is 0. The molecule has 1 heterocycles. The molecule has 0 amide bonds. The molecule has 1 aliphatic heterocycles. The van der Waals surface area contributed by atoms with Gasteiger partial charge in [-0.3, -0.25) is 0 Å². The van der Waals surface area contributed by atoms with Crippen LogP contribution in [0.4, 0.5) is 0 Å². The van der Waals surface area contributed by atoms with Crippen molar-refractivity contribution in [2.24, 2.45) is 52.3 Å². The Kier molecular flexibility index (Phi) is 5.21. The molecular formula is C28H48O. The van der Waals surface area contributed by atoms with Crippen LogP contribution in [0.5, 0.6) is 0 Å². The summed E-state index contributed by atoms with van der Waals surface area (Å²) in [7, 11) is 0. The summed E-state index contributed by atoms with van der Waals surface area (Å²) in [6.45, 7) is 13.9. The van der Waals surface area contributed by atoms with Gasteiger partial charge in [-0.15, -0.1) is 0 Å². The van der Waals surface area contributed by atoms with Crippen LogP contribution >= 0.6 is 0 Å². The Hall–Kier alpha value is -0.0400. The SMILES string of the molecule is CC(C)CCC[C@@H](C)[C@H]1CC[C@H]2[C@@H]3CCC4C5(CCC[C@]4(C)[C@H]3CC[C@]12C)CO5. The Morgan fingerprint density at radius 2 is 1.59 bits per heavy atom. The zero-order valence-corrected chi connectivity index (χ0v) is 20.1. The van der Waals surface area contributed by atoms with Crippen molar-refractivity contribution in [2.75, 3.05) is 6.61 Å². The zero-order valence-electron chi connectivity index (χ0n) is 20.1. The van der Waals surface area contributed by atoms with Crippen LogP contribution in [0.2, 0.25) is 0 Å². The lowest BCUT2D eigenvalue weighted by molar-refractivity contribution is -0.134. The maximum Gasteiger partial charge on any atom is 0.0949 e. The number of fused-ring (bicyclic) bond motifs is 6. The largest absolute Gasteiger partial charge is 0.369 e. The lowest BCUT2D eigenvalue weighted by Gasteiger charge is -2.62. The molecule has 0 bridgehead atoms. The molecule has 0 radical (unpaired) electrons. The summed E-state index contributed by atoms with van der Waals surface area (Å²) in [6, 6.07) is 0. The Balaban J connectivity index is 1.31. The fraction of sp³-hybridized carbons (Fsp3) is 1.00. The summed E-state index contributed by atoms with van der Waals surface area (Å²) < 4.78 is 6.16. The van der Waals surface area contributed by atoms with Crippen molar-refractivity contribution >= 4 is 0 Å². The van der Waals surface area contributed by atoms with Crippen LogP contribution in [0.1, 0.15) is 112 Å². The summed E-state index contributed by atoms with van der Waals surface area (Å²) in [5.41, 5.74) is 1.56. The molecule has 1 heteroatoms. The van der Waals surface area contributed by atoms with E-state index in [9.17, 15) is 0 Å². The van der Waals surface area contributed by atoms with E-state index < -0.39 is 0 Å². The third kappa shape index (κ3) is 3.18. The van der Waals surface area contributed by atoms with Gasteiger partial charge in [-0.2, -0.15) is 0 Å². The first kappa shape index (κ1) is 20.8. The molecule has 29 heavy (non-hydrogen) atoms. The van der Waals surface area contributed by atoms with E-state index in [0.29, 0.717) is 16.4 Å². The van der Waals surface area contributed by atoms with Crippen LogP contribution in [-0.4, -0.2) is 12.2 Å². The maximum absolute atomic E-state index is 6.16. The van der Waals surface area contributed by atoms with Crippen LogP contribution in [0.3, 0.4) is 0 Å². The summed E-state index contributed by atoms with van der Waals surface area (Å²) >= 11 is 0. The van der Waals surface area contributed by atoms with Gasteiger partial charge in [0.05, 0.1) is 12.2 Å². The van der Waals surface area contributed by atoms with Gasteiger partial charge in [0.25, 0.3) is 0 Å². The molecule has 2 unspecified atom stereocenters. The van der Waals surface area contributed by atoms with E-state index >= 15 is 0 Å². The molecule has 0 aromatic carbocycles. The molecule has 1 nitrogen and oxygen atoms in total. The molecule has 0 aromatic rings. The Labute approximate surface area is 181 Å². The quantitative estimate of drug-likeness (QED) is 0.428. The fourth-order valence-corrected chi connectivity index (χ4v) is 10.1. The first-order valence-electron chi connectivity index (χ1n) is 13.4. The minimum atomic E-state index is 0.335. The molecule has 5 rings (SSSR count). The molecule has 5 aliphatic rings. The molecule has 0 N–H and O–H groups in total. The average Bonchev–Trinajstić information content (AvgIpc) is 3.33. The van der Waals surface area contributed by atoms with Gasteiger partial charge < -0.3 is 4.74 Å². The van der Waals surface area contributed by atoms with Gasteiger partial charge in [-0.25, -0.2) is 0 Å². The first-order valence-corrected chi connectivity index (χ1v) is 13.4. The third-order valence-electron chi connectivity index (χ3n) is 11.5. The zero-order chi connectivity index (χ0) is 20.4. The van der Waals surface area contributed by atoms with Crippen LogP contribution in [0, 0.1) is 52.3 Å². The monoisotopic (exact) mass is 400 g/mol. The van der Waals surface area contributed by atoms with E-state index in [-0.39, 0.29) is 0 Å². The van der Waals surface area contributed by atoms with Gasteiger partial charge in [0.1, 0.15) is 0 Å². The van der Waals surface area contributed by atoms with E-state index in [1.807, 2.05) is 0 Å². The molecular weight excluding hydrogens is 352 g/mol. The molecule has 4 saturated carbocycles. The van der Waals surface area contributed by atoms with Crippen molar-refractivity contribution in [3.8, 4) is 0 Å². The van der Waals surface area contributed by atoms with Gasteiger partial charge in [0, 0.05) is 0 Å². The standard InChI is InChI=1S/C28H48O/c1-19(2)8-6-9-20(3)22-11-12-23-21-10-13-25-27(5,15-7-16-28(25)18-29-28)24(21)14-17-26(22,23)4/h19-25H,6-18H2,1-5H3/t20-,21+,22-,23+,24+,25?,26-,27-,28?/m1/s1. The molecule has 1 saturated heterocycles. The normalized spacial score (nSPS) is 52.1. The predicted molar refractivity (Wildman–Crippen MR) is 122 cm³/mol. The van der Waals surface area contributed by atoms with Crippen molar-refractivity contribution in [1.29, 1.82) is 0 Å². The summed E-state index contributed by atoms with van der Waals surface area (Å²) in [5.74, 6) is 6.72. The van der Waals surface area contributed by atoms with Gasteiger partial charge in [-0.1, -0.05) is 53.9 Å². The maximum atomic E-state index is 6.16. The first-order chi connectivity index (χ1) is 13.8. The van der Waals surface area contributed by atoms with E-state index in [0.717, 1.165) is 48.0 Å². The average molecular weight is 401 g/mol. The van der Waals surface area contributed by atoms with Crippen LogP contribution in [0.25, 0.3) is 0 Å². The molecule has 0 aromatic heterocycles. The van der Waals surface area contributed by atoms with Gasteiger partial charge >= 0.3 is 0 Å². The number of hydrogen-bond donors (Lipinski definition) is 0. The van der Waals surface area contributed by atoms with Crippen LogP contribution in [0.15, 0.2) is 0 Å². The smallest absolute Gasteiger partial charge is 0.0949 e. The lowest BCUT2D eigenvalue weighted by atomic mass is 9.43. The molecule has 4 aliphatic carbocycles. The minimum absolute atomic E-state index is 0.335. The highest BCUT2D eigenvalue weighted by molar-refractivity contribution is 5.15. The Morgan fingerprint density at radius 3 is 2.31 bits per heavy atom. The van der Waals surface area contributed by atoms with Crippen LogP contribution in [-0.2, 0) is 4.74 Å². The van der Waals surface area contributed by atoms with E-state index in [4.69, 9.17) is 4.74 Å². The van der Waals surface area contributed by atoms with Crippen molar-refractivity contribution in [3.05, 3.63) is 0 Å². The predicted octanol–water partition coefficient (Wildman–Crippen LogP) is 7.88. The third-order valence-corrected chi connectivity index (χ3v) is 11.5. The number of epoxide rings is 1. The number of ether oxygens (including phenoxy) is 1. The van der Waals surface area contributed by atoms with Crippen molar-refractivity contribution in [2.45, 2.75) is 117 Å². The topological polar surface area (TPSA) is 12.5 Å². The highest BCUT2D eigenvalue weighted by atomic mass is 16.6. The summed E-state index contributed by atoms with van der Waals surface area (Å²) in [4.78, 5) is 0. The highest BCUT2D eigenvalue weighted by Crippen LogP contribution is 2.70. The molecule has 9 atom stereocenters. The Bertz CT molecular complexity index is 605. The number of rotatable bonds is 5. The van der Waals surface area contributed by atoms with Crippen molar-refractivity contribution < 1.29 is 4.74 Å². The molecule has 166 valence electrons. The van der Waals surface area contributed by atoms with E-state index in [1.165, 1.54) is 70.6 Å². The van der Waals surface area contributed by atoms with Crippen molar-refractivity contribution in [1.82, 2.24) is 0 Å². The fourth-order valence-electron chi connectivity index (χ4n) is 10.1. The van der Waals surface area contributed by atoms with Crippen LogP contribution < -0.4 is 0 Å². The van der Waals surface area contributed by atoms with Gasteiger partial charge in [-0.05, 0) is 110 Å². The van der Waals surface area contributed by atoms with E-state index in [1.54, 1.807) is 6.42 Å². The van der Waals surface area contributed by atoms with Gasteiger partial charge in [0.2, 0.25) is 0 Å². The Morgan fingerprint density at radius 1 is 0.828 bits per heavy atom. The molecule has 1 spiro atoms. The summed E-state index contributed by atoms with van der Waals surface area (Å²) in [6.07, 6.45) is 17.7. The second kappa shape index (κ2) is 7.25. The minimum Gasteiger partial charge on any atom is -0.369 e. The molecule has 5 fully saturated rings. The lowest BCUT2D eigenvalue weighted by Crippen LogP contribution is -2.56.